The van der Waals surface area contributed by atoms with Crippen LogP contribution in [-0.2, 0) is 10.2 Å². The first kappa shape index (κ1) is 14.8. The lowest BCUT2D eigenvalue weighted by Gasteiger charge is -2.40. The molecule has 2 heterocycles. The predicted octanol–water partition coefficient (Wildman–Crippen LogP) is 4.62. The van der Waals surface area contributed by atoms with Crippen LogP contribution < -0.4 is 5.32 Å². The number of nitrogens with one attached hydrogen (secondary N) is 2. The Hall–Kier alpha value is -2.81. The lowest BCUT2D eigenvalue weighted by atomic mass is 9.58. The number of fused-ring (bicyclic) bond motifs is 2. The Balaban J connectivity index is 2.15. The zero-order chi connectivity index (χ0) is 16.9. The molecule has 3 heteroatoms. The third kappa shape index (κ3) is 1.64. The van der Waals surface area contributed by atoms with Gasteiger partial charge in [-0.2, -0.15) is 0 Å². The van der Waals surface area contributed by atoms with Crippen molar-refractivity contribution >= 4 is 22.5 Å². The summed E-state index contributed by atoms with van der Waals surface area (Å²) < 4.78 is 0. The number of H-pyrrole nitrogens is 1. The van der Waals surface area contributed by atoms with Gasteiger partial charge in [0.2, 0.25) is 5.91 Å². The zero-order valence-electron chi connectivity index (χ0n) is 13.9. The molecule has 1 amide bonds. The van der Waals surface area contributed by atoms with E-state index in [0.29, 0.717) is 0 Å². The number of rotatable bonds is 3. The van der Waals surface area contributed by atoms with Crippen LogP contribution >= 0.6 is 0 Å². The van der Waals surface area contributed by atoms with Gasteiger partial charge in [0.15, 0.2) is 0 Å². The van der Waals surface area contributed by atoms with Crippen molar-refractivity contribution < 1.29 is 4.79 Å². The molecule has 3 nitrogen and oxygen atoms in total. The summed E-state index contributed by atoms with van der Waals surface area (Å²) in [6.07, 6.45) is 3.86. The van der Waals surface area contributed by atoms with E-state index in [2.05, 4.69) is 36.8 Å². The Bertz CT molecular complexity index is 967. The fraction of sp³-hybridized carbons (Fsp3) is 0.190. The maximum absolute atomic E-state index is 13.3. The smallest absolute Gasteiger partial charge is 0.240 e. The first-order chi connectivity index (χ1) is 11.5. The highest BCUT2D eigenvalue weighted by Gasteiger charge is 2.57. The molecule has 3 aromatic rings. The molecule has 4 rings (SSSR count). The van der Waals surface area contributed by atoms with E-state index in [9.17, 15) is 4.79 Å². The molecule has 24 heavy (non-hydrogen) atoms. The summed E-state index contributed by atoms with van der Waals surface area (Å²) in [5.74, 6) is -0.00152. The summed E-state index contributed by atoms with van der Waals surface area (Å²) >= 11 is 0. The molecule has 0 spiro atoms. The molecule has 2 aromatic carbocycles. The molecular weight excluding hydrogens is 296 g/mol. The van der Waals surface area contributed by atoms with Crippen LogP contribution in [-0.4, -0.2) is 10.9 Å². The third-order valence-electron chi connectivity index (χ3n) is 5.39. The van der Waals surface area contributed by atoms with Gasteiger partial charge in [-0.1, -0.05) is 56.3 Å². The Kier molecular flexibility index (Phi) is 2.98. The van der Waals surface area contributed by atoms with Crippen molar-refractivity contribution in [3.63, 3.8) is 0 Å². The van der Waals surface area contributed by atoms with Gasteiger partial charge in [0.1, 0.15) is 5.41 Å². The fourth-order valence-corrected chi connectivity index (χ4v) is 4.05. The molecular formula is C21H20N2O. The molecule has 0 unspecified atom stereocenters. The normalized spacial score (nSPS) is 20.0. The number of hydrogen-bond donors (Lipinski definition) is 2. The maximum Gasteiger partial charge on any atom is 0.240 e. The van der Waals surface area contributed by atoms with Crippen molar-refractivity contribution in [3.05, 3.63) is 78.5 Å². The second-order valence-electron chi connectivity index (χ2n) is 6.92. The Labute approximate surface area is 141 Å². The second kappa shape index (κ2) is 4.84. The van der Waals surface area contributed by atoms with E-state index in [-0.39, 0.29) is 5.91 Å². The van der Waals surface area contributed by atoms with E-state index < -0.39 is 10.8 Å². The first-order valence-corrected chi connectivity index (χ1v) is 8.13. The van der Waals surface area contributed by atoms with Gasteiger partial charge in [-0.25, -0.2) is 0 Å². The molecule has 0 radical (unpaired) electrons. The minimum atomic E-state index is -0.815. The summed E-state index contributed by atoms with van der Waals surface area (Å²) in [6, 6.07) is 16.0. The van der Waals surface area contributed by atoms with Gasteiger partial charge in [-0.3, -0.25) is 4.79 Å². The first-order valence-electron chi connectivity index (χ1n) is 8.13. The van der Waals surface area contributed by atoms with Crippen molar-refractivity contribution in [1.82, 2.24) is 4.98 Å². The minimum absolute atomic E-state index is 0.00152. The molecule has 1 aromatic heterocycles. The number of amides is 1. The monoisotopic (exact) mass is 316 g/mol. The molecule has 0 fully saturated rings. The van der Waals surface area contributed by atoms with Gasteiger partial charge in [-0.15, -0.1) is 6.58 Å². The zero-order valence-corrected chi connectivity index (χ0v) is 13.9. The van der Waals surface area contributed by atoms with Crippen molar-refractivity contribution in [2.75, 3.05) is 5.32 Å². The highest BCUT2D eigenvalue weighted by Crippen LogP contribution is 2.55. The van der Waals surface area contributed by atoms with Gasteiger partial charge in [0.25, 0.3) is 0 Å². The van der Waals surface area contributed by atoms with Gasteiger partial charge >= 0.3 is 0 Å². The third-order valence-corrected chi connectivity index (χ3v) is 5.39. The number of aromatic nitrogens is 1. The molecule has 1 aliphatic heterocycles. The van der Waals surface area contributed by atoms with Crippen molar-refractivity contribution in [3.8, 4) is 0 Å². The molecule has 1 aliphatic rings. The van der Waals surface area contributed by atoms with Crippen LogP contribution in [0, 0.1) is 5.41 Å². The quantitative estimate of drug-likeness (QED) is 0.681. The fourth-order valence-electron chi connectivity index (χ4n) is 4.05. The molecule has 0 saturated heterocycles. The van der Waals surface area contributed by atoms with Crippen LogP contribution in [0.5, 0.6) is 0 Å². The Morgan fingerprint density at radius 3 is 2.54 bits per heavy atom. The molecule has 2 N–H and O–H groups in total. The summed E-state index contributed by atoms with van der Waals surface area (Å²) in [6.45, 7) is 8.17. The summed E-state index contributed by atoms with van der Waals surface area (Å²) in [7, 11) is 0. The lowest BCUT2D eigenvalue weighted by Crippen LogP contribution is -2.47. The molecule has 1 atom stereocenters. The topological polar surface area (TPSA) is 44.9 Å². The van der Waals surface area contributed by atoms with Gasteiger partial charge in [0, 0.05) is 28.2 Å². The van der Waals surface area contributed by atoms with E-state index in [1.165, 1.54) is 0 Å². The summed E-state index contributed by atoms with van der Waals surface area (Å²) in [5.41, 5.74) is 2.63. The Morgan fingerprint density at radius 1 is 1.04 bits per heavy atom. The molecule has 120 valence electrons. The Morgan fingerprint density at radius 2 is 1.75 bits per heavy atom. The number of anilines is 1. The van der Waals surface area contributed by atoms with Crippen molar-refractivity contribution in [1.29, 1.82) is 0 Å². The van der Waals surface area contributed by atoms with Crippen LogP contribution in [0.4, 0.5) is 5.69 Å². The van der Waals surface area contributed by atoms with Crippen LogP contribution in [0.1, 0.15) is 25.0 Å². The standard InChI is InChI=1S/C21H20N2O/c1-4-20(2,3)21(15-10-6-8-12-18(15)23-19(21)24)16-13-22-17-11-7-5-9-14(16)17/h4-13,22H,1H2,2-3H3,(H,23,24)/t21-/m0/s1. The van der Waals surface area contributed by atoms with Crippen LogP contribution in [0.15, 0.2) is 67.4 Å². The highest BCUT2D eigenvalue weighted by atomic mass is 16.2. The number of hydrogen-bond acceptors (Lipinski definition) is 1. The van der Waals surface area contributed by atoms with E-state index in [0.717, 1.165) is 27.7 Å². The van der Waals surface area contributed by atoms with Crippen molar-refractivity contribution in [2.45, 2.75) is 19.3 Å². The largest absolute Gasteiger partial charge is 0.361 e. The number of carbonyl (C=O) groups is 1. The summed E-state index contributed by atoms with van der Waals surface area (Å²) in [4.78, 5) is 16.7. The predicted molar refractivity (Wildman–Crippen MR) is 98.1 cm³/mol. The molecule has 0 aliphatic carbocycles. The van der Waals surface area contributed by atoms with Gasteiger partial charge in [-0.05, 0) is 23.3 Å². The number of allylic oxidation sites excluding steroid dienone is 1. The van der Waals surface area contributed by atoms with E-state index in [1.54, 1.807) is 0 Å². The summed E-state index contributed by atoms with van der Waals surface area (Å²) in [5, 5.41) is 4.15. The minimum Gasteiger partial charge on any atom is -0.361 e. The molecule has 0 bridgehead atoms. The average Bonchev–Trinajstić information content (AvgIpc) is 3.13. The van der Waals surface area contributed by atoms with E-state index in [1.807, 2.05) is 54.7 Å². The van der Waals surface area contributed by atoms with Crippen molar-refractivity contribution in [2.24, 2.45) is 5.41 Å². The lowest BCUT2D eigenvalue weighted by molar-refractivity contribution is -0.122. The highest BCUT2D eigenvalue weighted by molar-refractivity contribution is 6.11. The number of para-hydroxylation sites is 2. The van der Waals surface area contributed by atoms with Crippen LogP contribution in [0.3, 0.4) is 0 Å². The maximum atomic E-state index is 13.3. The van der Waals surface area contributed by atoms with Gasteiger partial charge in [0.05, 0.1) is 0 Å². The molecule has 0 saturated carbocycles. The van der Waals surface area contributed by atoms with E-state index in [4.69, 9.17) is 0 Å². The SMILES string of the molecule is C=CC(C)(C)[C@@]1(c2c[nH]c3ccccc23)C(=O)Nc2ccccc21. The number of aromatic amines is 1. The second-order valence-corrected chi connectivity index (χ2v) is 6.92. The van der Waals surface area contributed by atoms with E-state index >= 15 is 0 Å². The number of carbonyl (C=O) groups excluding carboxylic acids is 1. The average molecular weight is 316 g/mol. The van der Waals surface area contributed by atoms with Crippen LogP contribution in [0.2, 0.25) is 0 Å². The van der Waals surface area contributed by atoms with Gasteiger partial charge < -0.3 is 10.3 Å². The van der Waals surface area contributed by atoms with Crippen LogP contribution in [0.25, 0.3) is 10.9 Å². The number of benzene rings is 2.